The van der Waals surface area contributed by atoms with Crippen molar-refractivity contribution >= 4 is 34.3 Å². The molecule has 0 atom stereocenters. The van der Waals surface area contributed by atoms with Gasteiger partial charge in [0.1, 0.15) is 11.1 Å². The number of carbonyl (C=O) groups excluding carboxylic acids is 1. The van der Waals surface area contributed by atoms with Gasteiger partial charge in [-0.15, -0.1) is 0 Å². The molecule has 1 aliphatic heterocycles. The predicted octanol–water partition coefficient (Wildman–Crippen LogP) is 2.99. The average molecular weight is 416 g/mol. The molecule has 156 valence electrons. The third-order valence-electron chi connectivity index (χ3n) is 5.25. The van der Waals surface area contributed by atoms with Crippen LogP contribution in [-0.2, 0) is 4.79 Å². The highest BCUT2D eigenvalue weighted by Crippen LogP contribution is 2.34. The average Bonchev–Trinajstić information content (AvgIpc) is 3.41. The maximum Gasteiger partial charge on any atom is 0.263 e. The molecular formula is C22H20N6O3. The topological polar surface area (TPSA) is 105 Å². The summed E-state index contributed by atoms with van der Waals surface area (Å²) in [4.78, 5) is 33.7. The highest BCUT2D eigenvalue weighted by Gasteiger charge is 2.24. The van der Waals surface area contributed by atoms with Crippen LogP contribution in [-0.4, -0.2) is 39.3 Å². The fourth-order valence-electron chi connectivity index (χ4n) is 3.75. The molecule has 0 unspecified atom stereocenters. The van der Waals surface area contributed by atoms with E-state index in [0.717, 1.165) is 17.8 Å². The first-order chi connectivity index (χ1) is 15.1. The first-order valence-corrected chi connectivity index (χ1v) is 9.93. The van der Waals surface area contributed by atoms with E-state index in [1.807, 2.05) is 42.5 Å². The van der Waals surface area contributed by atoms with Crippen molar-refractivity contribution in [2.24, 2.45) is 0 Å². The quantitative estimate of drug-likeness (QED) is 0.518. The number of carbonyl (C=O) groups is 1. The number of benzene rings is 2. The lowest BCUT2D eigenvalue weighted by atomic mass is 10.2. The Bertz CT molecular complexity index is 1330. The van der Waals surface area contributed by atoms with Crippen LogP contribution < -0.4 is 20.5 Å². The van der Waals surface area contributed by atoms with Crippen LogP contribution in [0.1, 0.15) is 12.8 Å². The van der Waals surface area contributed by atoms with Crippen LogP contribution in [0, 0.1) is 0 Å². The van der Waals surface area contributed by atoms with Gasteiger partial charge in [0.25, 0.3) is 5.56 Å². The molecule has 1 amide bonds. The smallest absolute Gasteiger partial charge is 0.263 e. The molecule has 0 saturated carbocycles. The van der Waals surface area contributed by atoms with Crippen molar-refractivity contribution in [1.29, 1.82) is 0 Å². The van der Waals surface area contributed by atoms with E-state index < -0.39 is 0 Å². The van der Waals surface area contributed by atoms with Gasteiger partial charge >= 0.3 is 0 Å². The lowest BCUT2D eigenvalue weighted by molar-refractivity contribution is -0.117. The second-order valence-electron chi connectivity index (χ2n) is 7.20. The van der Waals surface area contributed by atoms with Gasteiger partial charge in [-0.3, -0.25) is 14.6 Å². The molecule has 1 aliphatic rings. The summed E-state index contributed by atoms with van der Waals surface area (Å²) in [6.07, 6.45) is 2.88. The summed E-state index contributed by atoms with van der Waals surface area (Å²) in [5, 5.41) is 7.83. The summed E-state index contributed by atoms with van der Waals surface area (Å²) in [6, 6.07) is 14.9. The van der Waals surface area contributed by atoms with E-state index in [-0.39, 0.29) is 17.4 Å². The van der Waals surface area contributed by atoms with E-state index in [1.165, 1.54) is 6.20 Å². The Morgan fingerprint density at radius 1 is 1.13 bits per heavy atom. The fourth-order valence-corrected chi connectivity index (χ4v) is 3.75. The molecule has 9 nitrogen and oxygen atoms in total. The van der Waals surface area contributed by atoms with Crippen LogP contribution in [0.25, 0.3) is 16.7 Å². The second kappa shape index (κ2) is 7.60. The summed E-state index contributed by atoms with van der Waals surface area (Å²) in [5.41, 5.74) is 2.36. The van der Waals surface area contributed by atoms with Crippen LogP contribution >= 0.6 is 0 Å². The SMILES string of the molecule is COc1cc(Nc2nc3c(cnn3-c3ccccc3)c(=O)[nH]2)ccc1N1CCCC1=O. The van der Waals surface area contributed by atoms with Gasteiger partial charge in [0.05, 0.1) is 24.7 Å². The standard InChI is InChI=1S/C22H20N6O3/c1-31-18-12-14(9-10-17(18)27-11-5-8-19(27)29)24-22-25-20-16(21(30)26-22)13-23-28(20)15-6-3-2-4-7-15/h2-4,6-7,9-10,12-13H,5,8,11H2,1H3,(H2,24,25,26,30). The number of fused-ring (bicyclic) bond motifs is 1. The number of nitrogens with one attached hydrogen (secondary N) is 2. The number of aromatic amines is 1. The van der Waals surface area contributed by atoms with E-state index in [4.69, 9.17) is 4.74 Å². The number of hydrogen-bond acceptors (Lipinski definition) is 6. The molecule has 2 N–H and O–H groups in total. The third-order valence-corrected chi connectivity index (χ3v) is 5.25. The van der Waals surface area contributed by atoms with E-state index >= 15 is 0 Å². The Labute approximate surface area is 177 Å². The number of para-hydroxylation sites is 1. The molecule has 0 aliphatic carbocycles. The highest BCUT2D eigenvalue weighted by atomic mass is 16.5. The van der Waals surface area contributed by atoms with Crippen molar-refractivity contribution in [3.8, 4) is 11.4 Å². The van der Waals surface area contributed by atoms with Crippen molar-refractivity contribution in [3.05, 3.63) is 65.1 Å². The zero-order chi connectivity index (χ0) is 21.4. The predicted molar refractivity (Wildman–Crippen MR) is 117 cm³/mol. The minimum Gasteiger partial charge on any atom is -0.494 e. The van der Waals surface area contributed by atoms with Crippen LogP contribution in [0.4, 0.5) is 17.3 Å². The largest absolute Gasteiger partial charge is 0.494 e. The van der Waals surface area contributed by atoms with E-state index in [0.29, 0.717) is 35.4 Å². The van der Waals surface area contributed by atoms with Gasteiger partial charge in [-0.2, -0.15) is 10.1 Å². The molecule has 31 heavy (non-hydrogen) atoms. The third kappa shape index (κ3) is 3.39. The second-order valence-corrected chi connectivity index (χ2v) is 7.20. The molecule has 0 radical (unpaired) electrons. The van der Waals surface area contributed by atoms with Crippen molar-refractivity contribution in [2.75, 3.05) is 23.9 Å². The van der Waals surface area contributed by atoms with Gasteiger partial charge in [0.15, 0.2) is 5.65 Å². The number of aromatic nitrogens is 4. The Balaban J connectivity index is 1.50. The van der Waals surface area contributed by atoms with E-state index in [1.54, 1.807) is 22.8 Å². The zero-order valence-electron chi connectivity index (χ0n) is 16.8. The van der Waals surface area contributed by atoms with Gasteiger partial charge in [-0.1, -0.05) is 18.2 Å². The number of hydrogen-bond donors (Lipinski definition) is 2. The number of nitrogens with zero attached hydrogens (tertiary/aromatic N) is 4. The van der Waals surface area contributed by atoms with Crippen LogP contribution in [0.3, 0.4) is 0 Å². The summed E-state index contributed by atoms with van der Waals surface area (Å²) in [5.74, 6) is 0.935. The molecule has 5 rings (SSSR count). The molecule has 2 aromatic heterocycles. The van der Waals surface area contributed by atoms with Gasteiger partial charge in [-0.25, -0.2) is 4.68 Å². The summed E-state index contributed by atoms with van der Waals surface area (Å²) in [7, 11) is 1.56. The van der Waals surface area contributed by atoms with Crippen molar-refractivity contribution in [1.82, 2.24) is 19.7 Å². The first kappa shape index (κ1) is 18.9. The lowest BCUT2D eigenvalue weighted by Gasteiger charge is -2.19. The van der Waals surface area contributed by atoms with Crippen molar-refractivity contribution in [3.63, 3.8) is 0 Å². The Hall–Kier alpha value is -4.14. The fraction of sp³-hybridized carbons (Fsp3) is 0.182. The Morgan fingerprint density at radius 2 is 1.97 bits per heavy atom. The lowest BCUT2D eigenvalue weighted by Crippen LogP contribution is -2.24. The zero-order valence-corrected chi connectivity index (χ0v) is 16.8. The monoisotopic (exact) mass is 416 g/mol. The summed E-state index contributed by atoms with van der Waals surface area (Å²) in [6.45, 7) is 0.678. The van der Waals surface area contributed by atoms with Gasteiger partial charge in [0, 0.05) is 24.7 Å². The van der Waals surface area contributed by atoms with Crippen molar-refractivity contribution in [2.45, 2.75) is 12.8 Å². The number of rotatable bonds is 5. The minimum atomic E-state index is -0.291. The van der Waals surface area contributed by atoms with Crippen LogP contribution in [0.2, 0.25) is 0 Å². The van der Waals surface area contributed by atoms with Crippen LogP contribution in [0.5, 0.6) is 5.75 Å². The molecule has 4 aromatic rings. The van der Waals surface area contributed by atoms with Crippen LogP contribution in [0.15, 0.2) is 59.5 Å². The highest BCUT2D eigenvalue weighted by molar-refractivity contribution is 5.97. The van der Waals surface area contributed by atoms with E-state index in [2.05, 4.69) is 20.4 Å². The maximum absolute atomic E-state index is 12.6. The van der Waals surface area contributed by atoms with Crippen molar-refractivity contribution < 1.29 is 9.53 Å². The molecule has 3 heterocycles. The molecule has 1 fully saturated rings. The number of ether oxygens (including phenoxy) is 1. The summed E-state index contributed by atoms with van der Waals surface area (Å²) >= 11 is 0. The van der Waals surface area contributed by atoms with Gasteiger partial charge in [0.2, 0.25) is 11.9 Å². The number of H-pyrrole nitrogens is 1. The summed E-state index contributed by atoms with van der Waals surface area (Å²) < 4.78 is 7.13. The van der Waals surface area contributed by atoms with Gasteiger partial charge < -0.3 is 15.0 Å². The molecule has 9 heteroatoms. The number of methoxy groups -OCH3 is 1. The molecule has 2 aromatic carbocycles. The number of amides is 1. The molecular weight excluding hydrogens is 396 g/mol. The minimum absolute atomic E-state index is 0.0876. The molecule has 0 spiro atoms. The molecule has 0 bridgehead atoms. The van der Waals surface area contributed by atoms with E-state index in [9.17, 15) is 9.59 Å². The maximum atomic E-state index is 12.6. The Morgan fingerprint density at radius 3 is 2.71 bits per heavy atom. The number of anilines is 3. The first-order valence-electron chi connectivity index (χ1n) is 9.93. The van der Waals surface area contributed by atoms with Gasteiger partial charge in [-0.05, 0) is 30.7 Å². The normalized spacial score (nSPS) is 13.7. The molecule has 1 saturated heterocycles. The Kier molecular flexibility index (Phi) is 4.62.